The number of hydrogen-bond acceptors (Lipinski definition) is 3. The van der Waals surface area contributed by atoms with E-state index in [1.807, 2.05) is 0 Å². The molecule has 2 aliphatic rings. The Morgan fingerprint density at radius 3 is 2.50 bits per heavy atom. The summed E-state index contributed by atoms with van der Waals surface area (Å²) < 4.78 is 32.7. The van der Waals surface area contributed by atoms with Crippen molar-refractivity contribution in [1.29, 1.82) is 0 Å². The highest BCUT2D eigenvalue weighted by Crippen LogP contribution is 2.46. The lowest BCUT2D eigenvalue weighted by Crippen LogP contribution is -2.52. The van der Waals surface area contributed by atoms with Gasteiger partial charge in [0.05, 0.1) is 6.10 Å². The lowest BCUT2D eigenvalue weighted by molar-refractivity contribution is -0.0634. The lowest BCUT2D eigenvalue weighted by Gasteiger charge is -2.37. The topological polar surface area (TPSA) is 49.8 Å². The molecule has 0 radical (unpaired) electrons. The molecule has 2 aliphatic heterocycles. The summed E-state index contributed by atoms with van der Waals surface area (Å²) in [5, 5.41) is 9.54. The van der Waals surface area contributed by atoms with E-state index in [4.69, 9.17) is 4.74 Å². The zero-order valence-electron chi connectivity index (χ0n) is 10.8. The number of aliphatic hydroxyl groups is 1. The van der Waals surface area contributed by atoms with Crippen molar-refractivity contribution in [1.82, 2.24) is 4.90 Å². The first-order chi connectivity index (χ1) is 8.10. The summed E-state index contributed by atoms with van der Waals surface area (Å²) in [5.41, 5.74) is -0.706. The fourth-order valence-corrected chi connectivity index (χ4v) is 2.75. The fourth-order valence-electron chi connectivity index (χ4n) is 2.75. The molecular weight excluding hydrogens is 244 g/mol. The van der Waals surface area contributed by atoms with Crippen LogP contribution < -0.4 is 0 Å². The molecule has 3 atom stereocenters. The summed E-state index contributed by atoms with van der Waals surface area (Å²) in [5.74, 6) is -2.93. The van der Waals surface area contributed by atoms with Gasteiger partial charge in [0.1, 0.15) is 11.6 Å². The molecule has 0 aromatic carbocycles. The number of nitrogens with zero attached hydrogens (tertiary/aromatic N) is 1. The van der Waals surface area contributed by atoms with Gasteiger partial charge >= 0.3 is 6.09 Å². The van der Waals surface area contributed by atoms with Crippen LogP contribution in [0.4, 0.5) is 13.6 Å². The summed E-state index contributed by atoms with van der Waals surface area (Å²) in [6.07, 6.45) is -1.73. The predicted molar refractivity (Wildman–Crippen MR) is 60.5 cm³/mol. The van der Waals surface area contributed by atoms with Crippen LogP contribution in [0.3, 0.4) is 0 Å². The number of hydrogen-bond donors (Lipinski definition) is 1. The van der Waals surface area contributed by atoms with Gasteiger partial charge in [-0.2, -0.15) is 0 Å². The van der Waals surface area contributed by atoms with Gasteiger partial charge in [0.15, 0.2) is 0 Å². The van der Waals surface area contributed by atoms with Gasteiger partial charge in [0, 0.05) is 12.5 Å². The van der Waals surface area contributed by atoms with Gasteiger partial charge in [-0.25, -0.2) is 13.6 Å². The molecule has 0 saturated carbocycles. The van der Waals surface area contributed by atoms with Crippen molar-refractivity contribution in [3.63, 3.8) is 0 Å². The number of carbonyl (C=O) groups excluding carboxylic acids is 1. The molecule has 2 heterocycles. The van der Waals surface area contributed by atoms with E-state index in [0.29, 0.717) is 0 Å². The second-order valence-electron chi connectivity index (χ2n) is 6.15. The summed E-state index contributed by atoms with van der Waals surface area (Å²) in [6.45, 7) is 5.09. The average Bonchev–Trinajstić information content (AvgIpc) is 2.28. The van der Waals surface area contributed by atoms with Crippen LogP contribution in [0.5, 0.6) is 0 Å². The number of amides is 1. The smallest absolute Gasteiger partial charge is 0.411 e. The Kier molecular flexibility index (Phi) is 3.04. The van der Waals surface area contributed by atoms with Gasteiger partial charge in [0.25, 0.3) is 5.92 Å². The van der Waals surface area contributed by atoms with Gasteiger partial charge in [0.2, 0.25) is 0 Å². The van der Waals surface area contributed by atoms with Crippen molar-refractivity contribution in [2.24, 2.45) is 0 Å². The molecule has 104 valence electrons. The minimum absolute atomic E-state index is 0.0806. The highest BCUT2D eigenvalue weighted by molar-refractivity contribution is 5.70. The molecule has 0 spiro atoms. The van der Waals surface area contributed by atoms with E-state index in [-0.39, 0.29) is 19.3 Å². The van der Waals surface area contributed by atoms with Gasteiger partial charge in [-0.3, -0.25) is 4.90 Å². The number of piperidine rings is 1. The van der Waals surface area contributed by atoms with Crippen molar-refractivity contribution in [2.75, 3.05) is 0 Å². The highest BCUT2D eigenvalue weighted by Gasteiger charge is 2.59. The van der Waals surface area contributed by atoms with Crippen LogP contribution in [0.1, 0.15) is 40.0 Å². The van der Waals surface area contributed by atoms with Crippen molar-refractivity contribution in [3.05, 3.63) is 0 Å². The third-order valence-electron chi connectivity index (χ3n) is 3.37. The summed E-state index contributed by atoms with van der Waals surface area (Å²) in [4.78, 5) is 13.1. The van der Waals surface area contributed by atoms with Gasteiger partial charge in [-0.1, -0.05) is 0 Å². The first-order valence-electron chi connectivity index (χ1n) is 6.17. The van der Waals surface area contributed by atoms with E-state index in [0.717, 1.165) is 4.90 Å². The minimum atomic E-state index is -2.93. The van der Waals surface area contributed by atoms with Crippen LogP contribution in [-0.2, 0) is 4.74 Å². The zero-order chi connectivity index (χ0) is 13.7. The molecule has 6 heteroatoms. The van der Waals surface area contributed by atoms with E-state index in [1.165, 1.54) is 0 Å². The third-order valence-corrected chi connectivity index (χ3v) is 3.37. The Hall–Kier alpha value is -0.910. The van der Waals surface area contributed by atoms with Crippen LogP contribution in [-0.4, -0.2) is 45.8 Å². The molecule has 0 aliphatic carbocycles. The number of carbonyl (C=O) groups is 1. The maximum absolute atomic E-state index is 13.8. The standard InChI is InChI=1S/C12H19F2NO3/c1-11(2,3)18-10(17)15-7-4-8(16)5-9(15)12(13,14)6-7/h7-9,16H,4-6H2,1-3H3/t7-,8+,9+/m0/s1. The number of halogens is 2. The average molecular weight is 263 g/mol. The minimum Gasteiger partial charge on any atom is -0.444 e. The molecule has 0 unspecified atom stereocenters. The molecule has 2 rings (SSSR count). The first-order valence-corrected chi connectivity index (χ1v) is 6.17. The van der Waals surface area contributed by atoms with Crippen molar-refractivity contribution < 1.29 is 23.4 Å². The van der Waals surface area contributed by atoms with Crippen LogP contribution in [0.15, 0.2) is 0 Å². The Bertz CT molecular complexity index is 354. The quantitative estimate of drug-likeness (QED) is 0.728. The SMILES string of the molecule is CC(C)(C)OC(=O)N1[C@H]2C[C@@H](O)C[C@@H]1C(F)(F)C2. The number of rotatable bonds is 0. The van der Waals surface area contributed by atoms with Crippen LogP contribution in [0, 0.1) is 0 Å². The van der Waals surface area contributed by atoms with E-state index in [9.17, 15) is 18.7 Å². The molecule has 2 saturated heterocycles. The molecule has 4 nitrogen and oxygen atoms in total. The molecule has 0 aromatic rings. The fraction of sp³-hybridized carbons (Fsp3) is 0.917. The molecule has 2 bridgehead atoms. The normalized spacial score (nSPS) is 34.6. The number of ether oxygens (including phenoxy) is 1. The van der Waals surface area contributed by atoms with Gasteiger partial charge < -0.3 is 9.84 Å². The Morgan fingerprint density at radius 1 is 1.39 bits per heavy atom. The van der Waals surface area contributed by atoms with E-state index in [1.54, 1.807) is 20.8 Å². The molecule has 1 amide bonds. The monoisotopic (exact) mass is 263 g/mol. The molecule has 2 fully saturated rings. The number of aliphatic hydroxyl groups excluding tert-OH is 1. The summed E-state index contributed by atoms with van der Waals surface area (Å²) in [6, 6.07) is -1.86. The largest absolute Gasteiger partial charge is 0.444 e. The van der Waals surface area contributed by atoms with Crippen LogP contribution in [0.25, 0.3) is 0 Å². The first kappa shape index (κ1) is 13.5. The molecular formula is C12H19F2NO3. The summed E-state index contributed by atoms with van der Waals surface area (Å²) >= 11 is 0. The maximum atomic E-state index is 13.8. The van der Waals surface area contributed by atoms with Crippen molar-refractivity contribution in [3.8, 4) is 0 Å². The van der Waals surface area contributed by atoms with Crippen LogP contribution in [0.2, 0.25) is 0 Å². The number of fused-ring (bicyclic) bond motifs is 2. The van der Waals surface area contributed by atoms with Crippen LogP contribution >= 0.6 is 0 Å². The maximum Gasteiger partial charge on any atom is 0.411 e. The third kappa shape index (κ3) is 2.43. The Morgan fingerprint density at radius 2 is 2.00 bits per heavy atom. The van der Waals surface area contributed by atoms with E-state index in [2.05, 4.69) is 0 Å². The molecule has 1 N–H and O–H groups in total. The Balaban J connectivity index is 2.17. The second-order valence-corrected chi connectivity index (χ2v) is 6.15. The van der Waals surface area contributed by atoms with Gasteiger partial charge in [-0.15, -0.1) is 0 Å². The van der Waals surface area contributed by atoms with Crippen molar-refractivity contribution in [2.45, 2.75) is 69.7 Å². The predicted octanol–water partition coefficient (Wildman–Crippen LogP) is 2.15. The highest BCUT2D eigenvalue weighted by atomic mass is 19.3. The second kappa shape index (κ2) is 4.05. The van der Waals surface area contributed by atoms with E-state index >= 15 is 0 Å². The van der Waals surface area contributed by atoms with E-state index < -0.39 is 35.8 Å². The zero-order valence-corrected chi connectivity index (χ0v) is 10.8. The lowest BCUT2D eigenvalue weighted by atomic mass is 10.00. The Labute approximate surface area is 105 Å². The number of alkyl halides is 2. The van der Waals surface area contributed by atoms with Gasteiger partial charge in [-0.05, 0) is 33.6 Å². The molecule has 18 heavy (non-hydrogen) atoms. The summed E-state index contributed by atoms with van der Waals surface area (Å²) in [7, 11) is 0. The van der Waals surface area contributed by atoms with Crippen molar-refractivity contribution >= 4 is 6.09 Å². The molecule has 0 aromatic heterocycles.